The molecule has 0 radical (unpaired) electrons. The number of nitrogens with two attached hydrogens (primary N) is 1. The zero-order valence-corrected chi connectivity index (χ0v) is 8.48. The van der Waals surface area contributed by atoms with Gasteiger partial charge in [-0.15, -0.1) is 0 Å². The molecule has 0 unspecified atom stereocenters. The molecule has 1 nitrogen and oxygen atoms in total. The summed E-state index contributed by atoms with van der Waals surface area (Å²) in [6.07, 6.45) is 1.54. The molecule has 0 saturated heterocycles. The first kappa shape index (κ1) is 9.64. The second kappa shape index (κ2) is 3.98. The Balaban J connectivity index is 2.25. The molecule has 1 saturated carbocycles. The first-order chi connectivity index (χ1) is 5.14. The summed E-state index contributed by atoms with van der Waals surface area (Å²) in [6, 6.07) is 0. The summed E-state index contributed by atoms with van der Waals surface area (Å²) in [5, 5.41) is 0. The van der Waals surface area contributed by atoms with Gasteiger partial charge in [-0.1, -0.05) is 0 Å². The van der Waals surface area contributed by atoms with Crippen LogP contribution in [0.3, 0.4) is 0 Å². The Labute approximate surface area is 76.3 Å². The van der Waals surface area contributed by atoms with Gasteiger partial charge in [-0.3, -0.25) is 0 Å². The number of alkyl halides is 3. The van der Waals surface area contributed by atoms with Crippen molar-refractivity contribution in [3.05, 3.63) is 0 Å². The Morgan fingerprint density at radius 2 is 1.91 bits per heavy atom. The van der Waals surface area contributed by atoms with E-state index in [1.165, 1.54) is 0 Å². The molecular weight excluding hydrogens is 263 g/mol. The van der Waals surface area contributed by atoms with Crippen LogP contribution in [0, 0.1) is 5.92 Å². The minimum absolute atomic E-state index is 0.0847. The van der Waals surface area contributed by atoms with Gasteiger partial charge >= 0.3 is 76.2 Å². The molecule has 0 heterocycles. The summed E-state index contributed by atoms with van der Waals surface area (Å²) in [6.45, 7) is 0. The Bertz CT molecular complexity index is 120. The van der Waals surface area contributed by atoms with Gasteiger partial charge in [0.05, 0.1) is 0 Å². The molecule has 1 aliphatic carbocycles. The van der Waals surface area contributed by atoms with E-state index in [1.54, 1.807) is 0 Å². The Kier molecular flexibility index (Phi) is 3.49. The average molecular weight is 276 g/mol. The van der Waals surface area contributed by atoms with Gasteiger partial charge in [-0.25, -0.2) is 0 Å². The summed E-state index contributed by atoms with van der Waals surface area (Å²) in [5.41, 5.74) is 0. The van der Waals surface area contributed by atoms with Crippen LogP contribution in [0.2, 0.25) is 0 Å². The Hall–Kier alpha value is 0.550. The molecule has 2 N–H and O–H groups in total. The molecule has 11 heavy (non-hydrogen) atoms. The third-order valence-electron chi connectivity index (χ3n) is 2.14. The first-order valence-corrected chi connectivity index (χ1v) is 6.57. The van der Waals surface area contributed by atoms with Crippen molar-refractivity contribution < 1.29 is 30.3 Å². The van der Waals surface area contributed by atoms with Crippen LogP contribution in [-0.4, -0.2) is 10.4 Å². The van der Waals surface area contributed by atoms with Crippen molar-refractivity contribution in [3.63, 3.8) is 0 Å². The van der Waals surface area contributed by atoms with Crippen molar-refractivity contribution in [2.45, 2.75) is 31.6 Å². The topological polar surface area (TPSA) is 26.0 Å². The van der Waals surface area contributed by atoms with E-state index >= 15 is 0 Å². The summed E-state index contributed by atoms with van der Waals surface area (Å²) in [7, 11) is 0. The normalized spacial score (nSPS) is 25.7. The van der Waals surface area contributed by atoms with E-state index in [9.17, 15) is 8.78 Å². The van der Waals surface area contributed by atoms with Crippen LogP contribution in [0.4, 0.5) is 8.78 Å². The zero-order valence-electron chi connectivity index (χ0n) is 6.32. The van der Waals surface area contributed by atoms with Crippen LogP contribution >= 0.6 is 0 Å². The third-order valence-corrected chi connectivity index (χ3v) is 3.90. The van der Waals surface area contributed by atoms with Gasteiger partial charge in [0.1, 0.15) is 0 Å². The van der Waals surface area contributed by atoms with Crippen LogP contribution in [0.15, 0.2) is 0 Å². The molecule has 1 rings (SSSR count). The molecule has 0 aliphatic heterocycles. The fourth-order valence-electron chi connectivity index (χ4n) is 1.38. The molecule has 1 aliphatic rings. The maximum absolute atomic E-state index is 12.6. The van der Waals surface area contributed by atoms with E-state index < -0.39 is 5.92 Å². The molecule has 0 amide bonds. The van der Waals surface area contributed by atoms with Gasteiger partial charge < -0.3 is 0 Å². The zero-order chi connectivity index (χ0) is 8.32. The minimum atomic E-state index is -2.37. The van der Waals surface area contributed by atoms with Gasteiger partial charge in [0.2, 0.25) is 0 Å². The van der Waals surface area contributed by atoms with Crippen molar-refractivity contribution in [2.75, 3.05) is 4.43 Å². The number of hydrogen-bond donors (Lipinski definition) is 1. The van der Waals surface area contributed by atoms with E-state index in [0.29, 0.717) is 18.8 Å². The Morgan fingerprint density at radius 1 is 1.36 bits per heavy atom. The van der Waals surface area contributed by atoms with Crippen molar-refractivity contribution in [2.24, 2.45) is 9.86 Å². The van der Waals surface area contributed by atoms with Crippen molar-refractivity contribution in [3.8, 4) is 0 Å². The quantitative estimate of drug-likeness (QED) is 0.382. The van der Waals surface area contributed by atoms with Crippen LogP contribution in [0.25, 0.3) is 0 Å². The summed E-state index contributed by atoms with van der Waals surface area (Å²) in [5.74, 6) is -1.86. The molecular formula is C7H13F2IN-. The molecule has 0 aromatic heterocycles. The fraction of sp³-hybridized carbons (Fsp3) is 1.00. The van der Waals surface area contributed by atoms with E-state index in [2.05, 4.69) is 0 Å². The molecule has 1 fully saturated rings. The van der Waals surface area contributed by atoms with Crippen molar-refractivity contribution in [1.29, 1.82) is 0 Å². The average Bonchev–Trinajstić information content (AvgIpc) is 1.94. The molecule has 0 atom stereocenters. The molecule has 0 aromatic carbocycles. The van der Waals surface area contributed by atoms with E-state index in [0.717, 1.165) is 4.43 Å². The predicted octanol–water partition coefficient (Wildman–Crippen LogP) is -1.23. The van der Waals surface area contributed by atoms with E-state index in [-0.39, 0.29) is 34.3 Å². The fourth-order valence-corrected chi connectivity index (χ4v) is 2.98. The molecule has 0 aromatic rings. The predicted molar refractivity (Wildman–Crippen MR) is 36.0 cm³/mol. The molecule has 0 spiro atoms. The monoisotopic (exact) mass is 276 g/mol. The second-order valence-corrected chi connectivity index (χ2v) is 4.87. The summed E-state index contributed by atoms with van der Waals surface area (Å²) in [4.78, 5) is 0. The van der Waals surface area contributed by atoms with Gasteiger partial charge in [0, 0.05) is 0 Å². The molecule has 0 bridgehead atoms. The van der Waals surface area contributed by atoms with Crippen LogP contribution in [0.5, 0.6) is 0 Å². The van der Waals surface area contributed by atoms with Crippen LogP contribution < -0.4 is 25.4 Å². The standard InChI is InChI=1S/C7H13F2IN/c8-7(9)3-1-6(2-4-7)5-10-11/h6H,1-5,11H2/q-1. The third kappa shape index (κ3) is 3.19. The van der Waals surface area contributed by atoms with Gasteiger partial charge in [-0.05, 0) is 0 Å². The number of rotatable bonds is 2. The van der Waals surface area contributed by atoms with E-state index in [1.807, 2.05) is 0 Å². The Morgan fingerprint density at radius 3 is 2.36 bits per heavy atom. The van der Waals surface area contributed by atoms with Crippen molar-refractivity contribution >= 4 is 0 Å². The van der Waals surface area contributed by atoms with Gasteiger partial charge in [0.15, 0.2) is 0 Å². The van der Waals surface area contributed by atoms with Crippen LogP contribution in [0.1, 0.15) is 25.7 Å². The van der Waals surface area contributed by atoms with Crippen molar-refractivity contribution in [1.82, 2.24) is 0 Å². The van der Waals surface area contributed by atoms with Gasteiger partial charge in [0.25, 0.3) is 0 Å². The SMILES string of the molecule is N[I-]CC1CCC(F)(F)CC1. The maximum atomic E-state index is 12.6. The summed E-state index contributed by atoms with van der Waals surface area (Å²) >= 11 is -0.194. The second-order valence-electron chi connectivity index (χ2n) is 3.11. The van der Waals surface area contributed by atoms with Crippen LogP contribution in [-0.2, 0) is 0 Å². The van der Waals surface area contributed by atoms with E-state index in [4.69, 9.17) is 3.95 Å². The number of hydrogen-bond acceptors (Lipinski definition) is 1. The molecule has 4 heteroatoms. The molecule has 68 valence electrons. The first-order valence-electron chi connectivity index (χ1n) is 3.80. The summed E-state index contributed by atoms with van der Waals surface area (Å²) < 4.78 is 31.7. The van der Waals surface area contributed by atoms with Gasteiger partial charge in [-0.2, -0.15) is 0 Å². The number of halogens is 3.